The third-order valence-electron chi connectivity index (χ3n) is 4.73. The maximum atomic E-state index is 12.6. The zero-order chi connectivity index (χ0) is 14.8. The van der Waals surface area contributed by atoms with Crippen molar-refractivity contribution in [3.05, 3.63) is 28.7 Å². The molecule has 1 aliphatic heterocycles. The Labute approximate surface area is 130 Å². The van der Waals surface area contributed by atoms with E-state index in [1.54, 1.807) is 28.6 Å². The minimum absolute atomic E-state index is 0.339. The van der Waals surface area contributed by atoms with E-state index < -0.39 is 10.0 Å². The molecule has 0 bridgehead atoms. The highest BCUT2D eigenvalue weighted by Crippen LogP contribution is 2.39. The third kappa shape index (κ3) is 3.10. The summed E-state index contributed by atoms with van der Waals surface area (Å²) < 4.78 is 27.7. The number of rotatable bonds is 4. The first-order valence-corrected chi connectivity index (χ1v) is 9.42. The van der Waals surface area contributed by atoms with Gasteiger partial charge in [0.15, 0.2) is 0 Å². The van der Waals surface area contributed by atoms with Crippen LogP contribution in [0.2, 0.25) is 0 Å². The smallest absolute Gasteiger partial charge is 0.207 e. The molecule has 0 saturated carbocycles. The zero-order valence-corrected chi connectivity index (χ0v) is 14.5. The summed E-state index contributed by atoms with van der Waals surface area (Å²) in [7, 11) is -3.33. The van der Waals surface area contributed by atoms with Gasteiger partial charge in [0, 0.05) is 17.6 Å². The molecular formula is C15H22BrNO2S. The quantitative estimate of drug-likeness (QED) is 0.813. The molecule has 0 N–H and O–H groups in total. The van der Waals surface area contributed by atoms with Crippen molar-refractivity contribution in [3.63, 3.8) is 0 Å². The third-order valence-corrected chi connectivity index (χ3v) is 7.18. The predicted octanol–water partition coefficient (Wildman–Crippen LogP) is 4.04. The Hall–Kier alpha value is -0.390. The van der Waals surface area contributed by atoms with Crippen LogP contribution in [-0.4, -0.2) is 25.8 Å². The van der Waals surface area contributed by atoms with Crippen molar-refractivity contribution in [1.29, 1.82) is 0 Å². The van der Waals surface area contributed by atoms with Crippen LogP contribution >= 0.6 is 15.9 Å². The summed E-state index contributed by atoms with van der Waals surface area (Å²) in [5, 5.41) is 0. The number of nitrogens with zero attached hydrogens (tertiary/aromatic N) is 1. The van der Waals surface area contributed by atoms with Gasteiger partial charge in [-0.05, 0) is 42.5 Å². The summed E-state index contributed by atoms with van der Waals surface area (Å²) in [4.78, 5) is 0.390. The van der Waals surface area contributed by atoms with E-state index in [4.69, 9.17) is 0 Å². The minimum Gasteiger partial charge on any atom is -0.207 e. The van der Waals surface area contributed by atoms with Crippen molar-refractivity contribution in [3.8, 4) is 0 Å². The first-order valence-electron chi connectivity index (χ1n) is 7.19. The van der Waals surface area contributed by atoms with E-state index in [1.165, 1.54) is 0 Å². The van der Waals surface area contributed by atoms with Gasteiger partial charge in [0.05, 0.1) is 4.90 Å². The molecule has 0 atom stereocenters. The Morgan fingerprint density at radius 3 is 2.05 bits per heavy atom. The Balaban J connectivity index is 2.15. The van der Waals surface area contributed by atoms with Crippen molar-refractivity contribution >= 4 is 26.0 Å². The van der Waals surface area contributed by atoms with Gasteiger partial charge in [-0.2, -0.15) is 4.31 Å². The van der Waals surface area contributed by atoms with Crippen molar-refractivity contribution in [2.24, 2.45) is 5.41 Å². The van der Waals surface area contributed by atoms with Gasteiger partial charge in [-0.25, -0.2) is 8.42 Å². The molecule has 0 radical (unpaired) electrons. The predicted molar refractivity (Wildman–Crippen MR) is 85.1 cm³/mol. The fraction of sp³-hybridized carbons (Fsp3) is 0.600. The van der Waals surface area contributed by atoms with Gasteiger partial charge >= 0.3 is 0 Å². The first-order chi connectivity index (χ1) is 9.43. The second-order valence-electron chi connectivity index (χ2n) is 5.57. The molecule has 1 saturated heterocycles. The number of piperidine rings is 1. The summed E-state index contributed by atoms with van der Waals surface area (Å²) in [5.74, 6) is 0. The summed E-state index contributed by atoms with van der Waals surface area (Å²) in [6.45, 7) is 5.70. The van der Waals surface area contributed by atoms with Crippen molar-refractivity contribution in [1.82, 2.24) is 4.31 Å². The van der Waals surface area contributed by atoms with Gasteiger partial charge in [-0.15, -0.1) is 0 Å². The van der Waals surface area contributed by atoms with Crippen LogP contribution in [0.25, 0.3) is 0 Å². The van der Waals surface area contributed by atoms with Crippen LogP contribution in [0.15, 0.2) is 33.6 Å². The van der Waals surface area contributed by atoms with Crippen LogP contribution < -0.4 is 0 Å². The molecule has 5 heteroatoms. The molecule has 1 fully saturated rings. The van der Waals surface area contributed by atoms with Crippen LogP contribution in [0, 0.1) is 5.41 Å². The average molecular weight is 360 g/mol. The number of sulfonamides is 1. The van der Waals surface area contributed by atoms with Crippen LogP contribution in [-0.2, 0) is 10.0 Å². The topological polar surface area (TPSA) is 37.4 Å². The van der Waals surface area contributed by atoms with Crippen molar-refractivity contribution in [2.75, 3.05) is 13.1 Å². The van der Waals surface area contributed by atoms with Crippen LogP contribution in [0.5, 0.6) is 0 Å². The van der Waals surface area contributed by atoms with Crippen molar-refractivity contribution in [2.45, 2.75) is 44.4 Å². The van der Waals surface area contributed by atoms with E-state index >= 15 is 0 Å². The Morgan fingerprint density at radius 1 is 1.10 bits per heavy atom. The maximum absolute atomic E-state index is 12.6. The average Bonchev–Trinajstić information content (AvgIpc) is 2.47. The van der Waals surface area contributed by atoms with E-state index in [-0.39, 0.29) is 0 Å². The number of hydrogen-bond donors (Lipinski definition) is 0. The van der Waals surface area contributed by atoms with Crippen LogP contribution in [0.3, 0.4) is 0 Å². The number of benzene rings is 1. The maximum Gasteiger partial charge on any atom is 0.243 e. The van der Waals surface area contributed by atoms with Gasteiger partial charge in [0.1, 0.15) is 0 Å². The molecule has 1 heterocycles. The molecule has 112 valence electrons. The lowest BCUT2D eigenvalue weighted by Crippen LogP contribution is -2.42. The Morgan fingerprint density at radius 2 is 1.60 bits per heavy atom. The van der Waals surface area contributed by atoms with Gasteiger partial charge < -0.3 is 0 Å². The molecule has 0 unspecified atom stereocenters. The summed E-state index contributed by atoms with van der Waals surface area (Å²) in [6, 6.07) is 6.89. The first kappa shape index (κ1) is 16.0. The summed E-state index contributed by atoms with van der Waals surface area (Å²) in [5.41, 5.74) is 0.339. The highest BCUT2D eigenvalue weighted by Gasteiger charge is 2.36. The van der Waals surface area contributed by atoms with Gasteiger partial charge in [-0.3, -0.25) is 0 Å². The monoisotopic (exact) mass is 359 g/mol. The van der Waals surface area contributed by atoms with Crippen LogP contribution in [0.1, 0.15) is 39.5 Å². The van der Waals surface area contributed by atoms with E-state index in [0.717, 1.165) is 30.2 Å². The SMILES string of the molecule is CCC1(CC)CCN(S(=O)(=O)c2ccc(Br)cc2)CC1. The highest BCUT2D eigenvalue weighted by molar-refractivity contribution is 9.10. The lowest BCUT2D eigenvalue weighted by molar-refractivity contribution is 0.141. The number of hydrogen-bond acceptors (Lipinski definition) is 2. The molecule has 1 aliphatic rings. The van der Waals surface area contributed by atoms with E-state index in [0.29, 0.717) is 23.4 Å². The van der Waals surface area contributed by atoms with Crippen molar-refractivity contribution < 1.29 is 8.42 Å². The molecule has 2 rings (SSSR count). The van der Waals surface area contributed by atoms with E-state index in [9.17, 15) is 8.42 Å². The lowest BCUT2D eigenvalue weighted by Gasteiger charge is -2.40. The fourth-order valence-corrected chi connectivity index (χ4v) is 4.62. The lowest BCUT2D eigenvalue weighted by atomic mass is 9.75. The van der Waals surface area contributed by atoms with E-state index in [1.807, 2.05) is 0 Å². The van der Waals surface area contributed by atoms with Gasteiger partial charge in [0.25, 0.3) is 0 Å². The Bertz CT molecular complexity index is 540. The highest BCUT2D eigenvalue weighted by atomic mass is 79.9. The molecule has 0 amide bonds. The largest absolute Gasteiger partial charge is 0.243 e. The number of halogens is 1. The molecule has 20 heavy (non-hydrogen) atoms. The molecular weight excluding hydrogens is 338 g/mol. The fourth-order valence-electron chi connectivity index (χ4n) is 2.91. The molecule has 1 aromatic rings. The standard InChI is InChI=1S/C15H22BrNO2S/c1-3-15(4-2)9-11-17(12-10-15)20(18,19)14-7-5-13(16)6-8-14/h5-8H,3-4,9-12H2,1-2H3. The van der Waals surface area contributed by atoms with Gasteiger partial charge in [-0.1, -0.05) is 42.6 Å². The summed E-state index contributed by atoms with van der Waals surface area (Å²) in [6.07, 6.45) is 4.21. The molecule has 1 aromatic carbocycles. The summed E-state index contributed by atoms with van der Waals surface area (Å²) >= 11 is 3.33. The molecule has 0 aromatic heterocycles. The second-order valence-corrected chi connectivity index (χ2v) is 8.42. The molecule has 0 aliphatic carbocycles. The molecule has 0 spiro atoms. The Kier molecular flexibility index (Phi) is 4.92. The second kappa shape index (κ2) is 6.16. The molecule has 3 nitrogen and oxygen atoms in total. The normalized spacial score (nSPS) is 19.9. The van der Waals surface area contributed by atoms with E-state index in [2.05, 4.69) is 29.8 Å². The van der Waals surface area contributed by atoms with Crippen LogP contribution in [0.4, 0.5) is 0 Å². The zero-order valence-electron chi connectivity index (χ0n) is 12.1. The minimum atomic E-state index is -3.33. The van der Waals surface area contributed by atoms with Gasteiger partial charge in [0.2, 0.25) is 10.0 Å².